The standard InChI is InChI=1S/C26H29N3O2/c30-28-18-22-8-10-23(11-9-22)19-29-16-4-5-24(27-20-29)17-21-12-14-26(15-13-21)31-25-6-2-1-3-7-25/h1-3,6-15,18,24,27,30H,4-5,16-17,19-20H2/b28-18+. The Morgan fingerprint density at radius 1 is 0.935 bits per heavy atom. The van der Waals surface area contributed by atoms with Gasteiger partial charge in [-0.15, -0.1) is 0 Å². The molecule has 0 amide bonds. The van der Waals surface area contributed by atoms with Crippen LogP contribution in [0.1, 0.15) is 29.5 Å². The lowest BCUT2D eigenvalue weighted by molar-refractivity contribution is 0.257. The monoisotopic (exact) mass is 415 g/mol. The summed E-state index contributed by atoms with van der Waals surface area (Å²) in [6.45, 7) is 2.90. The van der Waals surface area contributed by atoms with Gasteiger partial charge in [-0.3, -0.25) is 4.90 Å². The number of nitrogens with one attached hydrogen (secondary N) is 1. The molecule has 1 aliphatic heterocycles. The summed E-state index contributed by atoms with van der Waals surface area (Å²) >= 11 is 0. The van der Waals surface area contributed by atoms with Crippen LogP contribution in [0.15, 0.2) is 84.0 Å². The molecule has 0 radical (unpaired) electrons. The van der Waals surface area contributed by atoms with Gasteiger partial charge >= 0.3 is 0 Å². The Morgan fingerprint density at radius 3 is 2.39 bits per heavy atom. The van der Waals surface area contributed by atoms with Gasteiger partial charge in [0.2, 0.25) is 0 Å². The molecule has 0 aromatic heterocycles. The first-order valence-corrected chi connectivity index (χ1v) is 10.8. The highest BCUT2D eigenvalue weighted by atomic mass is 16.5. The zero-order valence-electron chi connectivity index (χ0n) is 17.7. The van der Waals surface area contributed by atoms with Crippen molar-refractivity contribution < 1.29 is 9.94 Å². The maximum Gasteiger partial charge on any atom is 0.127 e. The number of benzene rings is 3. The first-order valence-electron chi connectivity index (χ1n) is 10.8. The smallest absolute Gasteiger partial charge is 0.127 e. The number of oxime groups is 1. The quantitative estimate of drug-likeness (QED) is 0.322. The second-order valence-corrected chi connectivity index (χ2v) is 8.00. The summed E-state index contributed by atoms with van der Waals surface area (Å²) in [6, 6.07) is 26.9. The van der Waals surface area contributed by atoms with E-state index in [-0.39, 0.29) is 0 Å². The van der Waals surface area contributed by atoms with Gasteiger partial charge in [-0.2, -0.15) is 0 Å². The van der Waals surface area contributed by atoms with Gasteiger partial charge in [0, 0.05) is 19.3 Å². The summed E-state index contributed by atoms with van der Waals surface area (Å²) in [5.41, 5.74) is 3.50. The third kappa shape index (κ3) is 6.41. The van der Waals surface area contributed by atoms with Crippen LogP contribution in [0.4, 0.5) is 0 Å². The van der Waals surface area contributed by atoms with Gasteiger partial charge in [-0.1, -0.05) is 59.8 Å². The number of ether oxygens (including phenoxy) is 1. The molecule has 160 valence electrons. The molecule has 0 bridgehead atoms. The van der Waals surface area contributed by atoms with Gasteiger partial charge in [0.25, 0.3) is 0 Å². The van der Waals surface area contributed by atoms with Crippen molar-refractivity contribution in [3.05, 3.63) is 95.6 Å². The fraction of sp³-hybridized carbons (Fsp3) is 0.269. The minimum Gasteiger partial charge on any atom is -0.457 e. The summed E-state index contributed by atoms with van der Waals surface area (Å²) in [4.78, 5) is 2.45. The number of rotatable bonds is 7. The zero-order valence-corrected chi connectivity index (χ0v) is 17.7. The van der Waals surface area contributed by atoms with E-state index in [2.05, 4.69) is 51.8 Å². The Bertz CT molecular complexity index is 956. The van der Waals surface area contributed by atoms with Gasteiger partial charge in [-0.25, -0.2) is 0 Å². The number of hydrogen-bond acceptors (Lipinski definition) is 5. The van der Waals surface area contributed by atoms with Crippen molar-refractivity contribution in [1.29, 1.82) is 0 Å². The SMILES string of the molecule is O/N=C/c1ccc(CN2CCCC(Cc3ccc(Oc4ccccc4)cc3)NC2)cc1. The molecular weight excluding hydrogens is 386 g/mol. The maximum absolute atomic E-state index is 8.63. The van der Waals surface area contributed by atoms with Crippen molar-refractivity contribution in [3.8, 4) is 11.5 Å². The normalized spacial score (nSPS) is 17.5. The number of para-hydroxylation sites is 1. The molecule has 1 heterocycles. The van der Waals surface area contributed by atoms with Crippen LogP contribution in [0.25, 0.3) is 0 Å². The van der Waals surface area contributed by atoms with E-state index < -0.39 is 0 Å². The Kier molecular flexibility index (Phi) is 7.32. The lowest BCUT2D eigenvalue weighted by Gasteiger charge is -2.21. The lowest BCUT2D eigenvalue weighted by atomic mass is 10.0. The van der Waals surface area contributed by atoms with Crippen molar-refractivity contribution in [2.24, 2.45) is 5.16 Å². The average Bonchev–Trinajstić information content (AvgIpc) is 3.02. The van der Waals surface area contributed by atoms with Gasteiger partial charge in [-0.05, 0) is 66.8 Å². The highest BCUT2D eigenvalue weighted by Crippen LogP contribution is 2.22. The molecule has 31 heavy (non-hydrogen) atoms. The van der Waals surface area contributed by atoms with Crippen LogP contribution in [-0.4, -0.2) is 35.6 Å². The number of nitrogens with zero attached hydrogens (tertiary/aromatic N) is 2. The van der Waals surface area contributed by atoms with Crippen molar-refractivity contribution in [2.75, 3.05) is 13.2 Å². The minimum atomic E-state index is 0.481. The second-order valence-electron chi connectivity index (χ2n) is 8.00. The maximum atomic E-state index is 8.63. The molecule has 0 spiro atoms. The first-order chi connectivity index (χ1) is 15.3. The molecule has 3 aromatic rings. The molecule has 1 atom stereocenters. The summed E-state index contributed by atoms with van der Waals surface area (Å²) in [5.74, 6) is 1.73. The molecule has 1 saturated heterocycles. The van der Waals surface area contributed by atoms with Gasteiger partial charge < -0.3 is 15.3 Å². The number of hydrogen-bond donors (Lipinski definition) is 2. The van der Waals surface area contributed by atoms with Crippen LogP contribution in [0.5, 0.6) is 11.5 Å². The van der Waals surface area contributed by atoms with E-state index in [9.17, 15) is 0 Å². The van der Waals surface area contributed by atoms with Crippen LogP contribution in [0.3, 0.4) is 0 Å². The zero-order chi connectivity index (χ0) is 21.3. The molecule has 0 aliphatic carbocycles. The van der Waals surface area contributed by atoms with E-state index in [1.807, 2.05) is 42.5 Å². The predicted octanol–water partition coefficient (Wildman–Crippen LogP) is 5.04. The molecule has 1 fully saturated rings. The molecule has 4 rings (SSSR count). The molecular formula is C26H29N3O2. The molecule has 0 saturated carbocycles. The second kappa shape index (κ2) is 10.8. The molecule has 2 N–H and O–H groups in total. The Labute approximate surface area is 184 Å². The lowest BCUT2D eigenvalue weighted by Crippen LogP contribution is -2.37. The van der Waals surface area contributed by atoms with Crippen LogP contribution in [0.2, 0.25) is 0 Å². The topological polar surface area (TPSA) is 57.1 Å². The molecule has 1 aliphatic rings. The minimum absolute atomic E-state index is 0.481. The van der Waals surface area contributed by atoms with Crippen LogP contribution < -0.4 is 10.1 Å². The fourth-order valence-electron chi connectivity index (χ4n) is 3.95. The van der Waals surface area contributed by atoms with E-state index in [4.69, 9.17) is 9.94 Å². The predicted molar refractivity (Wildman–Crippen MR) is 124 cm³/mol. The van der Waals surface area contributed by atoms with Gasteiger partial charge in [0.05, 0.1) is 6.21 Å². The summed E-state index contributed by atoms with van der Waals surface area (Å²) in [6.07, 6.45) is 4.82. The van der Waals surface area contributed by atoms with Crippen molar-refractivity contribution in [3.63, 3.8) is 0 Å². The van der Waals surface area contributed by atoms with Crippen molar-refractivity contribution in [2.45, 2.75) is 31.8 Å². The average molecular weight is 416 g/mol. The van der Waals surface area contributed by atoms with E-state index >= 15 is 0 Å². The third-order valence-corrected chi connectivity index (χ3v) is 5.61. The van der Waals surface area contributed by atoms with Crippen LogP contribution >= 0.6 is 0 Å². The Morgan fingerprint density at radius 2 is 1.65 bits per heavy atom. The van der Waals surface area contributed by atoms with E-state index in [0.29, 0.717) is 6.04 Å². The summed E-state index contributed by atoms with van der Waals surface area (Å²) in [5, 5.41) is 15.4. The Hall–Kier alpha value is -3.15. The van der Waals surface area contributed by atoms with E-state index in [1.54, 1.807) is 0 Å². The molecule has 3 aromatic carbocycles. The molecule has 5 heteroatoms. The van der Waals surface area contributed by atoms with Crippen molar-refractivity contribution in [1.82, 2.24) is 10.2 Å². The largest absolute Gasteiger partial charge is 0.457 e. The van der Waals surface area contributed by atoms with Crippen LogP contribution in [0, 0.1) is 0 Å². The van der Waals surface area contributed by atoms with Crippen LogP contribution in [-0.2, 0) is 13.0 Å². The van der Waals surface area contributed by atoms with Gasteiger partial charge in [0.15, 0.2) is 0 Å². The Balaban J connectivity index is 1.26. The van der Waals surface area contributed by atoms with Crippen molar-refractivity contribution >= 4 is 6.21 Å². The molecule has 1 unspecified atom stereocenters. The first kappa shape index (κ1) is 21.1. The summed E-state index contributed by atoms with van der Waals surface area (Å²) in [7, 11) is 0. The third-order valence-electron chi connectivity index (χ3n) is 5.61. The van der Waals surface area contributed by atoms with E-state index in [0.717, 1.165) is 43.2 Å². The fourth-order valence-corrected chi connectivity index (χ4v) is 3.95. The highest BCUT2D eigenvalue weighted by molar-refractivity contribution is 5.78. The van der Waals surface area contributed by atoms with E-state index in [1.165, 1.54) is 30.2 Å². The highest BCUT2D eigenvalue weighted by Gasteiger charge is 2.17. The van der Waals surface area contributed by atoms with Gasteiger partial charge in [0.1, 0.15) is 11.5 Å². The molecule has 5 nitrogen and oxygen atoms in total. The summed E-state index contributed by atoms with van der Waals surface area (Å²) < 4.78 is 5.89.